The van der Waals surface area contributed by atoms with Gasteiger partial charge in [-0.1, -0.05) is 6.92 Å². The lowest BCUT2D eigenvalue weighted by Gasteiger charge is -2.29. The molecular formula is C15H26N2S. The van der Waals surface area contributed by atoms with Gasteiger partial charge in [0.2, 0.25) is 0 Å². The third-order valence-corrected chi connectivity index (χ3v) is 4.91. The monoisotopic (exact) mass is 266 g/mol. The molecule has 0 spiro atoms. The number of hydrogen-bond donors (Lipinski definition) is 1. The van der Waals surface area contributed by atoms with Crippen molar-refractivity contribution in [1.82, 2.24) is 10.2 Å². The highest BCUT2D eigenvalue weighted by molar-refractivity contribution is 7.12. The van der Waals surface area contributed by atoms with Crippen molar-refractivity contribution < 1.29 is 0 Å². The van der Waals surface area contributed by atoms with Gasteiger partial charge in [-0.25, -0.2) is 0 Å². The first-order chi connectivity index (χ1) is 8.69. The van der Waals surface area contributed by atoms with Crippen LogP contribution in [0.5, 0.6) is 0 Å². The largest absolute Gasteiger partial charge is 0.316 e. The van der Waals surface area contributed by atoms with Crippen LogP contribution in [0.2, 0.25) is 0 Å². The SMILES string of the molecule is CCN(Cc1cc(C)sc1C)CC1CCCNC1. The third kappa shape index (κ3) is 3.81. The molecule has 0 radical (unpaired) electrons. The number of aryl methyl sites for hydroxylation is 2. The molecule has 1 aromatic rings. The molecule has 3 heteroatoms. The van der Waals surface area contributed by atoms with E-state index in [0.717, 1.165) is 19.0 Å². The molecule has 102 valence electrons. The Labute approximate surface area is 115 Å². The molecule has 1 atom stereocenters. The van der Waals surface area contributed by atoms with Crippen LogP contribution in [-0.4, -0.2) is 31.1 Å². The molecule has 1 saturated heterocycles. The van der Waals surface area contributed by atoms with Gasteiger partial charge in [-0.05, 0) is 63.9 Å². The van der Waals surface area contributed by atoms with E-state index in [1.54, 1.807) is 0 Å². The zero-order valence-corrected chi connectivity index (χ0v) is 12.8. The maximum absolute atomic E-state index is 3.52. The Bertz CT molecular complexity index is 367. The summed E-state index contributed by atoms with van der Waals surface area (Å²) in [7, 11) is 0. The molecule has 1 aliphatic rings. The van der Waals surface area contributed by atoms with Crippen molar-refractivity contribution in [2.75, 3.05) is 26.2 Å². The Morgan fingerprint density at radius 1 is 1.44 bits per heavy atom. The molecule has 1 aromatic heterocycles. The Kier molecular flexibility index (Phi) is 5.22. The van der Waals surface area contributed by atoms with Crippen LogP contribution in [0.4, 0.5) is 0 Å². The number of rotatable bonds is 5. The van der Waals surface area contributed by atoms with Crippen LogP contribution >= 0.6 is 11.3 Å². The summed E-state index contributed by atoms with van der Waals surface area (Å²) in [5.74, 6) is 0.846. The molecule has 2 rings (SSSR count). The zero-order chi connectivity index (χ0) is 13.0. The van der Waals surface area contributed by atoms with Crippen LogP contribution in [0, 0.1) is 19.8 Å². The quantitative estimate of drug-likeness (QED) is 0.880. The molecule has 0 amide bonds. The number of nitrogens with zero attached hydrogens (tertiary/aromatic N) is 1. The summed E-state index contributed by atoms with van der Waals surface area (Å²) in [6, 6.07) is 2.36. The van der Waals surface area contributed by atoms with Crippen LogP contribution in [0.3, 0.4) is 0 Å². The molecule has 0 saturated carbocycles. The van der Waals surface area contributed by atoms with Crippen molar-refractivity contribution in [2.24, 2.45) is 5.92 Å². The van der Waals surface area contributed by atoms with Crippen LogP contribution in [0.1, 0.15) is 35.1 Å². The summed E-state index contributed by atoms with van der Waals surface area (Å²) >= 11 is 1.93. The van der Waals surface area contributed by atoms with Gasteiger partial charge in [0.1, 0.15) is 0 Å². The first kappa shape index (κ1) is 14.0. The standard InChI is InChI=1S/C15H26N2S/c1-4-17(10-14-6-5-7-16-9-14)11-15-8-12(2)18-13(15)3/h8,14,16H,4-7,9-11H2,1-3H3. The summed E-state index contributed by atoms with van der Waals surface area (Å²) < 4.78 is 0. The van der Waals surface area contributed by atoms with E-state index in [1.807, 2.05) is 11.3 Å². The average molecular weight is 266 g/mol. The Balaban J connectivity index is 1.90. The number of hydrogen-bond acceptors (Lipinski definition) is 3. The molecule has 18 heavy (non-hydrogen) atoms. The zero-order valence-electron chi connectivity index (χ0n) is 12.0. The van der Waals surface area contributed by atoms with E-state index in [0.29, 0.717) is 0 Å². The molecule has 0 aromatic carbocycles. The van der Waals surface area contributed by atoms with Gasteiger partial charge in [0.05, 0.1) is 0 Å². The van der Waals surface area contributed by atoms with Gasteiger partial charge < -0.3 is 5.32 Å². The number of piperidine rings is 1. The predicted octanol–water partition coefficient (Wildman–Crippen LogP) is 3.19. The minimum atomic E-state index is 0.846. The Hall–Kier alpha value is -0.380. The van der Waals surface area contributed by atoms with Gasteiger partial charge in [-0.2, -0.15) is 0 Å². The van der Waals surface area contributed by atoms with Crippen molar-refractivity contribution in [2.45, 2.75) is 40.2 Å². The predicted molar refractivity (Wildman–Crippen MR) is 80.3 cm³/mol. The fraction of sp³-hybridized carbons (Fsp3) is 0.733. The molecule has 1 fully saturated rings. The van der Waals surface area contributed by atoms with Crippen LogP contribution in [0.25, 0.3) is 0 Å². The van der Waals surface area contributed by atoms with Crippen molar-refractivity contribution in [1.29, 1.82) is 0 Å². The fourth-order valence-corrected chi connectivity index (χ4v) is 3.77. The van der Waals surface area contributed by atoms with Crippen LogP contribution < -0.4 is 5.32 Å². The Morgan fingerprint density at radius 3 is 2.83 bits per heavy atom. The number of nitrogens with one attached hydrogen (secondary N) is 1. The minimum Gasteiger partial charge on any atom is -0.316 e. The molecule has 0 bridgehead atoms. The van der Waals surface area contributed by atoms with E-state index in [1.165, 1.54) is 47.8 Å². The summed E-state index contributed by atoms with van der Waals surface area (Å²) in [5.41, 5.74) is 1.53. The van der Waals surface area contributed by atoms with E-state index in [4.69, 9.17) is 0 Å². The van der Waals surface area contributed by atoms with E-state index in [9.17, 15) is 0 Å². The summed E-state index contributed by atoms with van der Waals surface area (Å²) in [6.07, 6.45) is 2.74. The first-order valence-corrected chi connectivity index (χ1v) is 7.99. The second-order valence-corrected chi connectivity index (χ2v) is 6.94. The average Bonchev–Trinajstić information content (AvgIpc) is 2.68. The normalized spacial score (nSPS) is 20.6. The summed E-state index contributed by atoms with van der Waals surface area (Å²) in [4.78, 5) is 5.54. The van der Waals surface area contributed by atoms with Gasteiger partial charge in [0.15, 0.2) is 0 Å². The van der Waals surface area contributed by atoms with E-state index >= 15 is 0 Å². The highest BCUT2D eigenvalue weighted by atomic mass is 32.1. The fourth-order valence-electron chi connectivity index (χ4n) is 2.83. The van der Waals surface area contributed by atoms with Crippen molar-refractivity contribution in [3.05, 3.63) is 21.4 Å². The van der Waals surface area contributed by atoms with Gasteiger partial charge >= 0.3 is 0 Å². The van der Waals surface area contributed by atoms with E-state index in [-0.39, 0.29) is 0 Å². The van der Waals surface area contributed by atoms with E-state index < -0.39 is 0 Å². The highest BCUT2D eigenvalue weighted by Gasteiger charge is 2.17. The molecule has 2 heterocycles. The van der Waals surface area contributed by atoms with E-state index in [2.05, 4.69) is 37.1 Å². The Morgan fingerprint density at radius 2 is 2.28 bits per heavy atom. The number of thiophene rings is 1. The second-order valence-electron chi connectivity index (χ2n) is 5.48. The molecule has 1 N–H and O–H groups in total. The maximum Gasteiger partial charge on any atom is 0.0244 e. The molecular weight excluding hydrogens is 240 g/mol. The van der Waals surface area contributed by atoms with Gasteiger partial charge in [-0.3, -0.25) is 4.90 Å². The van der Waals surface area contributed by atoms with Crippen molar-refractivity contribution in [3.8, 4) is 0 Å². The van der Waals surface area contributed by atoms with Gasteiger partial charge in [0, 0.05) is 22.8 Å². The lowest BCUT2D eigenvalue weighted by molar-refractivity contribution is 0.209. The minimum absolute atomic E-state index is 0.846. The van der Waals surface area contributed by atoms with Crippen LogP contribution in [0.15, 0.2) is 6.07 Å². The molecule has 1 aliphatic heterocycles. The smallest absolute Gasteiger partial charge is 0.0244 e. The van der Waals surface area contributed by atoms with Crippen molar-refractivity contribution in [3.63, 3.8) is 0 Å². The van der Waals surface area contributed by atoms with Gasteiger partial charge in [-0.15, -0.1) is 11.3 Å². The molecule has 0 aliphatic carbocycles. The third-order valence-electron chi connectivity index (χ3n) is 3.90. The lowest BCUT2D eigenvalue weighted by atomic mass is 9.99. The molecule has 2 nitrogen and oxygen atoms in total. The topological polar surface area (TPSA) is 15.3 Å². The van der Waals surface area contributed by atoms with Gasteiger partial charge in [0.25, 0.3) is 0 Å². The maximum atomic E-state index is 3.52. The lowest BCUT2D eigenvalue weighted by Crippen LogP contribution is -2.38. The second kappa shape index (κ2) is 6.69. The summed E-state index contributed by atoms with van der Waals surface area (Å²) in [6.45, 7) is 12.7. The molecule has 1 unspecified atom stereocenters. The first-order valence-electron chi connectivity index (χ1n) is 7.18. The summed E-state index contributed by atoms with van der Waals surface area (Å²) in [5, 5.41) is 3.52. The van der Waals surface area contributed by atoms with Crippen molar-refractivity contribution >= 4 is 11.3 Å². The van der Waals surface area contributed by atoms with Crippen LogP contribution in [-0.2, 0) is 6.54 Å². The highest BCUT2D eigenvalue weighted by Crippen LogP contribution is 2.22.